The zero-order valence-electron chi connectivity index (χ0n) is 9.76. The van der Waals surface area contributed by atoms with Crippen molar-refractivity contribution >= 4 is 5.78 Å². The van der Waals surface area contributed by atoms with Crippen molar-refractivity contribution in [1.82, 2.24) is 0 Å². The monoisotopic (exact) mass is 254 g/mol. The molecule has 0 spiro atoms. The fourth-order valence-corrected chi connectivity index (χ4v) is 2.08. The molecule has 1 aromatic carbocycles. The van der Waals surface area contributed by atoms with E-state index in [4.69, 9.17) is 0 Å². The van der Waals surface area contributed by atoms with Crippen LogP contribution in [0.3, 0.4) is 0 Å². The molecule has 0 unspecified atom stereocenters. The van der Waals surface area contributed by atoms with Gasteiger partial charge in [0.15, 0.2) is 5.78 Å². The van der Waals surface area contributed by atoms with Crippen molar-refractivity contribution in [3.63, 3.8) is 0 Å². The van der Waals surface area contributed by atoms with Gasteiger partial charge in [0.25, 0.3) is 0 Å². The van der Waals surface area contributed by atoms with Crippen LogP contribution in [0.5, 0.6) is 0 Å². The molecular formula is C14H13F3O. The molecule has 96 valence electrons. The van der Waals surface area contributed by atoms with Crippen molar-refractivity contribution in [2.45, 2.75) is 31.9 Å². The lowest BCUT2D eigenvalue weighted by molar-refractivity contribution is -0.137. The van der Waals surface area contributed by atoms with Gasteiger partial charge in [0, 0.05) is 6.42 Å². The number of alkyl halides is 3. The molecule has 2 rings (SSSR count). The van der Waals surface area contributed by atoms with Crippen molar-refractivity contribution in [1.29, 1.82) is 0 Å². The summed E-state index contributed by atoms with van der Waals surface area (Å²) >= 11 is 0. The maximum atomic E-state index is 12.5. The number of rotatable bonds is 3. The largest absolute Gasteiger partial charge is 0.416 e. The highest BCUT2D eigenvalue weighted by Gasteiger charge is 2.30. The highest BCUT2D eigenvalue weighted by Crippen LogP contribution is 2.30. The summed E-state index contributed by atoms with van der Waals surface area (Å²) in [5.41, 5.74) is 0.475. The van der Waals surface area contributed by atoms with Crippen LogP contribution < -0.4 is 0 Å². The Morgan fingerprint density at radius 2 is 2.06 bits per heavy atom. The first-order valence-electron chi connectivity index (χ1n) is 5.85. The van der Waals surface area contributed by atoms with Crippen molar-refractivity contribution in [3.05, 3.63) is 47.0 Å². The highest BCUT2D eigenvalue weighted by atomic mass is 19.4. The lowest BCUT2D eigenvalue weighted by atomic mass is 10.0. The van der Waals surface area contributed by atoms with E-state index in [2.05, 4.69) is 0 Å². The van der Waals surface area contributed by atoms with Crippen molar-refractivity contribution in [3.8, 4) is 0 Å². The number of hydrogen-bond donors (Lipinski definition) is 0. The Hall–Kier alpha value is -1.58. The number of ketones is 1. The van der Waals surface area contributed by atoms with Crippen LogP contribution in [0.25, 0.3) is 0 Å². The molecule has 0 fully saturated rings. The third-order valence-electron chi connectivity index (χ3n) is 3.02. The Kier molecular flexibility index (Phi) is 3.55. The van der Waals surface area contributed by atoms with Crippen LogP contribution in [0.2, 0.25) is 0 Å². The molecule has 0 aromatic heterocycles. The summed E-state index contributed by atoms with van der Waals surface area (Å²) < 4.78 is 37.5. The normalized spacial score (nSPS) is 15.6. The summed E-state index contributed by atoms with van der Waals surface area (Å²) in [6.07, 6.45) is 0.183. The van der Waals surface area contributed by atoms with Crippen LogP contribution in [-0.2, 0) is 17.4 Å². The quantitative estimate of drug-likeness (QED) is 0.798. The van der Waals surface area contributed by atoms with Gasteiger partial charge in [-0.05, 0) is 36.5 Å². The van der Waals surface area contributed by atoms with Gasteiger partial charge in [-0.2, -0.15) is 13.2 Å². The lowest BCUT2D eigenvalue weighted by Gasteiger charge is -2.08. The van der Waals surface area contributed by atoms with E-state index in [1.54, 1.807) is 6.07 Å². The number of halogens is 3. The number of hydrogen-bond acceptors (Lipinski definition) is 1. The van der Waals surface area contributed by atoms with Crippen LogP contribution in [-0.4, -0.2) is 5.78 Å². The molecule has 0 aliphatic heterocycles. The minimum atomic E-state index is -4.36. The Morgan fingerprint density at radius 3 is 2.67 bits per heavy atom. The van der Waals surface area contributed by atoms with E-state index in [-0.39, 0.29) is 12.2 Å². The molecule has 1 aliphatic carbocycles. The first-order valence-corrected chi connectivity index (χ1v) is 5.85. The number of carbonyl (C=O) groups is 1. The Labute approximate surface area is 103 Å². The van der Waals surface area contributed by atoms with Crippen molar-refractivity contribution in [2.24, 2.45) is 0 Å². The molecule has 0 N–H and O–H groups in total. The number of Topliss-reactive ketones (excluding diaryl/α,β-unsaturated/α-hetero) is 1. The minimum absolute atomic E-state index is 0.0513. The van der Waals surface area contributed by atoms with Gasteiger partial charge in [-0.25, -0.2) is 0 Å². The van der Waals surface area contributed by atoms with Gasteiger partial charge in [0.2, 0.25) is 0 Å². The first-order chi connectivity index (χ1) is 8.47. The molecule has 0 saturated heterocycles. The highest BCUT2D eigenvalue weighted by molar-refractivity contribution is 5.97. The molecule has 4 heteroatoms. The second-order valence-electron chi connectivity index (χ2n) is 4.42. The van der Waals surface area contributed by atoms with E-state index in [0.29, 0.717) is 5.56 Å². The smallest absolute Gasteiger partial charge is 0.294 e. The molecule has 0 heterocycles. The molecule has 1 nitrogen and oxygen atoms in total. The third kappa shape index (κ3) is 3.00. The predicted molar refractivity (Wildman–Crippen MR) is 62.1 cm³/mol. The zero-order valence-corrected chi connectivity index (χ0v) is 9.76. The van der Waals surface area contributed by atoms with E-state index in [0.717, 1.165) is 37.0 Å². The summed E-state index contributed by atoms with van der Waals surface area (Å²) in [6, 6.07) is 4.97. The van der Waals surface area contributed by atoms with Crippen LogP contribution in [0, 0.1) is 0 Å². The van der Waals surface area contributed by atoms with E-state index in [1.807, 2.05) is 6.08 Å². The number of carbonyl (C=O) groups excluding carboxylic acids is 1. The van der Waals surface area contributed by atoms with Gasteiger partial charge < -0.3 is 0 Å². The average Bonchev–Trinajstić information content (AvgIpc) is 2.81. The lowest BCUT2D eigenvalue weighted by Crippen LogP contribution is -2.08. The molecule has 18 heavy (non-hydrogen) atoms. The van der Waals surface area contributed by atoms with Crippen molar-refractivity contribution < 1.29 is 18.0 Å². The van der Waals surface area contributed by atoms with Crippen molar-refractivity contribution in [2.75, 3.05) is 0 Å². The van der Waals surface area contributed by atoms with Gasteiger partial charge in [-0.15, -0.1) is 0 Å². The maximum Gasteiger partial charge on any atom is 0.416 e. The molecule has 0 saturated carbocycles. The SMILES string of the molecule is O=C(Cc1cccc(C(F)(F)F)c1)C1=CCCC1. The van der Waals surface area contributed by atoms with E-state index < -0.39 is 11.7 Å². The topological polar surface area (TPSA) is 17.1 Å². The predicted octanol–water partition coefficient (Wildman–Crippen LogP) is 3.93. The van der Waals surface area contributed by atoms with Crippen LogP contribution in [0.15, 0.2) is 35.9 Å². The maximum absolute atomic E-state index is 12.5. The third-order valence-corrected chi connectivity index (χ3v) is 3.02. The summed E-state index contributed by atoms with van der Waals surface area (Å²) in [5.74, 6) is -0.0631. The van der Waals surface area contributed by atoms with E-state index in [1.165, 1.54) is 6.07 Å². The summed E-state index contributed by atoms with van der Waals surface area (Å²) in [4.78, 5) is 11.8. The van der Waals surface area contributed by atoms with Crippen LogP contribution in [0.1, 0.15) is 30.4 Å². The first kappa shape index (κ1) is 12.9. The summed E-state index contributed by atoms with van der Waals surface area (Å²) in [7, 11) is 0. The minimum Gasteiger partial charge on any atom is -0.294 e. The molecule has 0 radical (unpaired) electrons. The summed E-state index contributed by atoms with van der Waals surface area (Å²) in [5, 5.41) is 0. The number of allylic oxidation sites excluding steroid dienone is 2. The fraction of sp³-hybridized carbons (Fsp3) is 0.357. The van der Waals surface area contributed by atoms with Crippen LogP contribution in [0.4, 0.5) is 13.2 Å². The van der Waals surface area contributed by atoms with Gasteiger partial charge in [0.05, 0.1) is 5.56 Å². The Bertz CT molecular complexity index is 486. The van der Waals surface area contributed by atoms with E-state index in [9.17, 15) is 18.0 Å². The second-order valence-corrected chi connectivity index (χ2v) is 4.42. The number of benzene rings is 1. The van der Waals surface area contributed by atoms with Gasteiger partial charge in [-0.1, -0.05) is 24.3 Å². The Balaban J connectivity index is 2.12. The van der Waals surface area contributed by atoms with Gasteiger partial charge >= 0.3 is 6.18 Å². The molecule has 1 aromatic rings. The molecule has 1 aliphatic rings. The Morgan fingerprint density at radius 1 is 1.28 bits per heavy atom. The molecule has 0 atom stereocenters. The van der Waals surface area contributed by atoms with Crippen LogP contribution >= 0.6 is 0 Å². The van der Waals surface area contributed by atoms with Gasteiger partial charge in [-0.3, -0.25) is 4.79 Å². The zero-order chi connectivity index (χ0) is 13.2. The second kappa shape index (κ2) is 4.96. The molecule has 0 amide bonds. The molecular weight excluding hydrogens is 241 g/mol. The van der Waals surface area contributed by atoms with Gasteiger partial charge in [0.1, 0.15) is 0 Å². The fourth-order valence-electron chi connectivity index (χ4n) is 2.08. The standard InChI is InChI=1S/C14H13F3O/c15-14(16,17)12-7-3-4-10(8-12)9-13(18)11-5-1-2-6-11/h3-5,7-8H,1-2,6,9H2. The summed E-state index contributed by atoms with van der Waals surface area (Å²) in [6.45, 7) is 0. The van der Waals surface area contributed by atoms with E-state index >= 15 is 0 Å². The molecule has 0 bridgehead atoms. The average molecular weight is 254 g/mol.